The summed E-state index contributed by atoms with van der Waals surface area (Å²) in [4.78, 5) is 0. The average Bonchev–Trinajstić information content (AvgIpc) is 1.98. The predicted molar refractivity (Wildman–Crippen MR) is 76.5 cm³/mol. The van der Waals surface area contributed by atoms with Gasteiger partial charge in [-0.1, -0.05) is 19.9 Å². The van der Waals surface area contributed by atoms with Crippen LogP contribution >= 0.6 is 12.1 Å². The fourth-order valence-corrected chi connectivity index (χ4v) is 11.2. The smallest absolute Gasteiger partial charge is 0.186 e. The highest BCUT2D eigenvalue weighted by atomic mass is 32.3. The Bertz CT molecular complexity index is 239. The van der Waals surface area contributed by atoms with E-state index in [0.29, 0.717) is 0 Å². The Balaban J connectivity index is 2.89. The normalized spacial score (nSPS) is 39.0. The zero-order chi connectivity index (χ0) is 11.9. The zero-order valence-corrected chi connectivity index (χ0v) is 13.9. The number of hydrogen-bond donors (Lipinski definition) is 1. The minimum absolute atomic E-state index is 0.0843. The van der Waals surface area contributed by atoms with Crippen molar-refractivity contribution >= 4 is 26.7 Å². The van der Waals surface area contributed by atoms with Gasteiger partial charge >= 0.3 is 0 Å². The number of thiol groups is 1. The van der Waals surface area contributed by atoms with Gasteiger partial charge in [-0.2, -0.15) is 0 Å². The highest BCUT2D eigenvalue weighted by Gasteiger charge is 2.54. The summed E-state index contributed by atoms with van der Waals surface area (Å²) in [5.74, 6) is 0.720. The van der Waals surface area contributed by atoms with Crippen molar-refractivity contribution in [2.75, 3.05) is 0 Å². The lowest BCUT2D eigenvalue weighted by Gasteiger charge is -2.53. The van der Waals surface area contributed by atoms with E-state index < -0.39 is 14.6 Å². The molecule has 0 saturated carbocycles. The third-order valence-corrected chi connectivity index (χ3v) is 23.1. The van der Waals surface area contributed by atoms with Crippen LogP contribution in [0.5, 0.6) is 0 Å². The Hall–Kier alpha value is 0.744. The molecule has 0 aromatic rings. The molecule has 1 heterocycles. The molecule has 1 aliphatic rings. The van der Waals surface area contributed by atoms with E-state index in [2.05, 4.69) is 40.4 Å². The van der Waals surface area contributed by atoms with Crippen molar-refractivity contribution in [3.8, 4) is 0 Å². The largest absolute Gasteiger partial charge is 0.414 e. The van der Waals surface area contributed by atoms with Crippen molar-refractivity contribution in [3.05, 3.63) is 0 Å². The van der Waals surface area contributed by atoms with Crippen molar-refractivity contribution in [2.24, 2.45) is 5.92 Å². The van der Waals surface area contributed by atoms with Crippen LogP contribution in [0.15, 0.2) is 0 Å². The molecule has 1 fully saturated rings. The minimum Gasteiger partial charge on any atom is -0.414 e. The maximum atomic E-state index is 6.47. The molecule has 0 radical (unpaired) electrons. The van der Waals surface area contributed by atoms with Gasteiger partial charge in [0.2, 0.25) is 0 Å². The molecule has 1 nitrogen and oxygen atoms in total. The fraction of sp³-hybridized carbons (Fsp3) is 1.00. The van der Waals surface area contributed by atoms with E-state index in [-0.39, 0.29) is 5.60 Å². The lowest BCUT2D eigenvalue weighted by atomic mass is 9.89. The van der Waals surface area contributed by atoms with Gasteiger partial charge in [0.05, 0.1) is 5.60 Å². The van der Waals surface area contributed by atoms with Crippen LogP contribution in [0.2, 0.25) is 25.7 Å². The lowest BCUT2D eigenvalue weighted by molar-refractivity contribution is 0.0353. The Morgan fingerprint density at radius 3 is 2.33 bits per heavy atom. The van der Waals surface area contributed by atoms with Crippen LogP contribution in [0.3, 0.4) is 0 Å². The molecule has 0 N–H and O–H groups in total. The van der Waals surface area contributed by atoms with Crippen molar-refractivity contribution in [1.82, 2.24) is 0 Å². The molecular formula is C11H26OSSi2. The van der Waals surface area contributed by atoms with E-state index in [1.807, 2.05) is 0 Å². The van der Waals surface area contributed by atoms with E-state index in [1.165, 1.54) is 18.9 Å². The summed E-state index contributed by atoms with van der Waals surface area (Å²) in [6.45, 7) is 12.5. The Morgan fingerprint density at radius 1 is 1.33 bits per heavy atom. The summed E-state index contributed by atoms with van der Waals surface area (Å²) in [6.07, 6.45) is 2.55. The van der Waals surface area contributed by atoms with Crippen molar-refractivity contribution in [2.45, 2.75) is 64.9 Å². The summed E-state index contributed by atoms with van der Waals surface area (Å²) in [5, 5.41) is 0. The van der Waals surface area contributed by atoms with Crippen molar-refractivity contribution in [3.63, 3.8) is 0 Å². The molecule has 0 aliphatic carbocycles. The molecule has 15 heavy (non-hydrogen) atoms. The van der Waals surface area contributed by atoms with E-state index >= 15 is 0 Å². The van der Waals surface area contributed by atoms with Crippen molar-refractivity contribution < 1.29 is 4.43 Å². The molecule has 1 rings (SSSR count). The summed E-state index contributed by atoms with van der Waals surface area (Å²) < 4.78 is 6.47. The SMILES string of the molecule is CCCC1C[Si](C)(S)[Si](C)(C)OC1(C)C. The molecule has 1 aliphatic heterocycles. The first kappa shape index (κ1) is 13.8. The maximum Gasteiger partial charge on any atom is 0.186 e. The van der Waals surface area contributed by atoms with Gasteiger partial charge in [-0.05, 0) is 45.3 Å². The first-order chi connectivity index (χ1) is 6.62. The quantitative estimate of drug-likeness (QED) is 0.584. The highest BCUT2D eigenvalue weighted by Crippen LogP contribution is 2.45. The standard InChI is InChI=1S/C11H26OSSi2/c1-7-8-10-9-15(6,13)14(4,5)12-11(10,2)3/h10,13H,7-9H2,1-6H3. The number of hydrogen-bond acceptors (Lipinski definition) is 2. The molecule has 0 spiro atoms. The van der Waals surface area contributed by atoms with Crippen LogP contribution < -0.4 is 0 Å². The van der Waals surface area contributed by atoms with Crippen LogP contribution in [0, 0.1) is 5.92 Å². The lowest BCUT2D eigenvalue weighted by Crippen LogP contribution is -2.65. The molecule has 4 heteroatoms. The third-order valence-electron chi connectivity index (χ3n) is 4.08. The van der Waals surface area contributed by atoms with Crippen LogP contribution in [-0.2, 0) is 4.43 Å². The van der Waals surface area contributed by atoms with Gasteiger partial charge in [0.1, 0.15) is 6.74 Å². The van der Waals surface area contributed by atoms with Gasteiger partial charge in [0, 0.05) is 0 Å². The van der Waals surface area contributed by atoms with Crippen LogP contribution in [0.4, 0.5) is 0 Å². The molecule has 0 bridgehead atoms. The zero-order valence-electron chi connectivity index (χ0n) is 11.1. The summed E-state index contributed by atoms with van der Waals surface area (Å²) in [7, 11) is -1.52. The highest BCUT2D eigenvalue weighted by molar-refractivity contribution is 8.22. The predicted octanol–water partition coefficient (Wildman–Crippen LogP) is 4.00. The second-order valence-corrected chi connectivity index (χ2v) is 23.5. The summed E-state index contributed by atoms with van der Waals surface area (Å²) in [5.41, 5.74) is 0.0843. The molecule has 0 aromatic heterocycles. The van der Waals surface area contributed by atoms with Gasteiger partial charge in [-0.3, -0.25) is 0 Å². The monoisotopic (exact) mass is 262 g/mol. The van der Waals surface area contributed by atoms with E-state index in [9.17, 15) is 0 Å². The first-order valence-corrected chi connectivity index (χ1v) is 14.0. The topological polar surface area (TPSA) is 9.23 Å². The van der Waals surface area contributed by atoms with Crippen molar-refractivity contribution in [1.29, 1.82) is 0 Å². The van der Waals surface area contributed by atoms with Gasteiger partial charge in [0.25, 0.3) is 0 Å². The van der Waals surface area contributed by atoms with Gasteiger partial charge in [-0.15, -0.1) is 0 Å². The Morgan fingerprint density at radius 2 is 1.87 bits per heavy atom. The molecule has 2 atom stereocenters. The molecule has 0 amide bonds. The van der Waals surface area contributed by atoms with Crippen LogP contribution in [0.25, 0.3) is 0 Å². The first-order valence-electron chi connectivity index (χ1n) is 6.05. The van der Waals surface area contributed by atoms with E-state index in [0.717, 1.165) is 5.92 Å². The molecule has 2 unspecified atom stereocenters. The van der Waals surface area contributed by atoms with Crippen LogP contribution in [0.1, 0.15) is 33.6 Å². The summed E-state index contributed by atoms with van der Waals surface area (Å²) >= 11 is 5.00. The van der Waals surface area contributed by atoms with Gasteiger partial charge < -0.3 is 4.43 Å². The molecule has 1 saturated heterocycles. The minimum atomic E-state index is -1.52. The third kappa shape index (κ3) is 2.71. The summed E-state index contributed by atoms with van der Waals surface area (Å²) in [6, 6.07) is 1.34. The van der Waals surface area contributed by atoms with E-state index in [1.54, 1.807) is 0 Å². The molecular weight excluding hydrogens is 236 g/mol. The second-order valence-electron chi connectivity index (χ2n) is 6.18. The second kappa shape index (κ2) is 4.20. The number of rotatable bonds is 2. The average molecular weight is 263 g/mol. The molecule has 90 valence electrons. The Labute approximate surface area is 102 Å². The Kier molecular flexibility index (Phi) is 3.87. The van der Waals surface area contributed by atoms with Crippen LogP contribution in [-0.4, -0.2) is 20.2 Å². The molecule has 0 aromatic carbocycles. The van der Waals surface area contributed by atoms with Gasteiger partial charge in [-0.25, -0.2) is 12.1 Å². The van der Waals surface area contributed by atoms with Gasteiger partial charge in [0.15, 0.2) is 7.83 Å². The van der Waals surface area contributed by atoms with E-state index in [4.69, 9.17) is 16.5 Å². The maximum absolute atomic E-state index is 6.47. The fourth-order valence-electron chi connectivity index (χ4n) is 2.62.